The van der Waals surface area contributed by atoms with E-state index in [1.807, 2.05) is 0 Å². The van der Waals surface area contributed by atoms with Crippen LogP contribution in [-0.4, -0.2) is 11.1 Å². The third-order valence-electron chi connectivity index (χ3n) is 0.939. The highest BCUT2D eigenvalue weighted by Crippen LogP contribution is 2.10. The van der Waals surface area contributed by atoms with E-state index in [1.54, 1.807) is 0 Å². The molecular formula is C4H5OP. The van der Waals surface area contributed by atoms with Gasteiger partial charge in [0.05, 0.1) is 0 Å². The maximum Gasteiger partial charge on any atom is 0.163 e. The van der Waals surface area contributed by atoms with Crippen LogP contribution in [0, 0.1) is 0 Å². The van der Waals surface area contributed by atoms with Crippen LogP contribution in [-0.2, 0) is 4.79 Å². The highest BCUT2D eigenvalue weighted by molar-refractivity contribution is 7.26. The van der Waals surface area contributed by atoms with Gasteiger partial charge in [-0.15, -0.1) is 8.86 Å². The maximum atomic E-state index is 10.1. The molecule has 0 aromatic carbocycles. The summed E-state index contributed by atoms with van der Waals surface area (Å²) in [6.07, 6.45) is 1.70. The van der Waals surface area contributed by atoms with E-state index < -0.39 is 0 Å². The van der Waals surface area contributed by atoms with E-state index in [0.29, 0.717) is 0 Å². The van der Waals surface area contributed by atoms with E-state index in [4.69, 9.17) is 0 Å². The molecule has 0 bridgehead atoms. The van der Waals surface area contributed by atoms with Crippen LogP contribution in [0.5, 0.6) is 0 Å². The van der Waals surface area contributed by atoms with Gasteiger partial charge in [-0.3, -0.25) is 4.79 Å². The number of rotatable bonds is 0. The minimum atomic E-state index is 0.270. The molecular weight excluding hydrogens is 95.0 g/mol. The third kappa shape index (κ3) is 0.396. The Morgan fingerprint density at radius 2 is 2.00 bits per heavy atom. The van der Waals surface area contributed by atoms with Crippen LogP contribution in [0.3, 0.4) is 0 Å². The van der Waals surface area contributed by atoms with Crippen LogP contribution in [0.15, 0.2) is 0 Å². The van der Waals surface area contributed by atoms with Crippen LogP contribution in [0.4, 0.5) is 0 Å². The zero-order valence-electron chi connectivity index (χ0n) is 3.32. The summed E-state index contributed by atoms with van der Waals surface area (Å²) >= 11 is 0. The van der Waals surface area contributed by atoms with Gasteiger partial charge in [-0.2, -0.15) is 0 Å². The van der Waals surface area contributed by atoms with Gasteiger partial charge in [-0.25, -0.2) is 0 Å². The van der Waals surface area contributed by atoms with Crippen molar-refractivity contribution in [3.8, 4) is 0 Å². The molecule has 0 N–H and O–H groups in total. The fraction of sp³-hybridized carbons (Fsp3) is 0.500. The average molecular weight is 100 g/mol. The number of hydrogen-bond acceptors (Lipinski definition) is 1. The number of carbonyl (C=O) groups is 1. The molecule has 0 spiro atoms. The van der Waals surface area contributed by atoms with Crippen LogP contribution < -0.4 is 0 Å². The number of ketones is 1. The molecule has 0 aromatic rings. The SMILES string of the molecule is O=C1CCC1=P. The van der Waals surface area contributed by atoms with Gasteiger partial charge < -0.3 is 0 Å². The molecule has 1 rings (SSSR count). The largest absolute Gasteiger partial charge is 0.294 e. The third-order valence-corrected chi connectivity index (χ3v) is 1.47. The molecule has 1 aliphatic carbocycles. The van der Waals surface area contributed by atoms with Gasteiger partial charge in [0, 0.05) is 11.7 Å². The smallest absolute Gasteiger partial charge is 0.163 e. The normalized spacial score (nSPS) is 20.7. The standard InChI is InChI=1S/C4H5OP/c5-3-1-2-4(3)6/h6H,1-2H2. The van der Waals surface area contributed by atoms with Gasteiger partial charge >= 0.3 is 0 Å². The Balaban J connectivity index is 2.61. The summed E-state index contributed by atoms with van der Waals surface area (Å²) in [6.45, 7) is 0. The lowest BCUT2D eigenvalue weighted by Crippen LogP contribution is -2.22. The van der Waals surface area contributed by atoms with Crippen molar-refractivity contribution in [1.29, 1.82) is 0 Å². The minimum Gasteiger partial charge on any atom is -0.294 e. The summed E-state index contributed by atoms with van der Waals surface area (Å²) in [5.41, 5.74) is 0. The quantitative estimate of drug-likeness (QED) is 0.409. The number of carbonyl (C=O) groups excluding carboxylic acids is 1. The highest BCUT2D eigenvalue weighted by Gasteiger charge is 2.16. The van der Waals surface area contributed by atoms with E-state index >= 15 is 0 Å². The van der Waals surface area contributed by atoms with Crippen LogP contribution in [0.1, 0.15) is 12.8 Å². The molecule has 0 heterocycles. The lowest BCUT2D eigenvalue weighted by atomic mass is 9.98. The maximum absolute atomic E-state index is 10.1. The Labute approximate surface area is 38.6 Å². The van der Waals surface area contributed by atoms with E-state index in [9.17, 15) is 4.79 Å². The second-order valence-corrected chi connectivity index (χ2v) is 2.01. The van der Waals surface area contributed by atoms with Crippen LogP contribution in [0.2, 0.25) is 0 Å². The van der Waals surface area contributed by atoms with Crippen LogP contribution >= 0.6 is 8.86 Å². The highest BCUT2D eigenvalue weighted by atomic mass is 31.0. The predicted molar refractivity (Wildman–Crippen MR) is 27.6 cm³/mol. The topological polar surface area (TPSA) is 17.1 Å². The first-order chi connectivity index (χ1) is 2.80. The molecule has 0 aromatic heterocycles. The first kappa shape index (κ1) is 4.01. The molecule has 1 saturated carbocycles. The van der Waals surface area contributed by atoms with Gasteiger partial charge in [-0.05, 0) is 6.42 Å². The molecule has 0 radical (unpaired) electrons. The number of Topliss-reactive ketones (excluding diaryl/α,β-unsaturated/α-hetero) is 1. The van der Waals surface area contributed by atoms with Gasteiger partial charge in [0.2, 0.25) is 0 Å². The van der Waals surface area contributed by atoms with Crippen molar-refractivity contribution in [2.24, 2.45) is 0 Å². The lowest BCUT2D eigenvalue weighted by Gasteiger charge is -2.09. The zero-order valence-corrected chi connectivity index (χ0v) is 4.32. The molecule has 0 aliphatic heterocycles. The summed E-state index contributed by atoms with van der Waals surface area (Å²) < 4.78 is 0. The summed E-state index contributed by atoms with van der Waals surface area (Å²) in [6, 6.07) is 0. The summed E-state index contributed by atoms with van der Waals surface area (Å²) in [5.74, 6) is 0.270. The Hall–Kier alpha value is -0.160. The fourth-order valence-electron chi connectivity index (χ4n) is 0.352. The summed E-state index contributed by atoms with van der Waals surface area (Å²) in [7, 11) is 3.14. The first-order valence-corrected chi connectivity index (χ1v) is 2.41. The van der Waals surface area contributed by atoms with E-state index in [1.165, 1.54) is 0 Å². The minimum absolute atomic E-state index is 0.270. The molecule has 0 atom stereocenters. The second-order valence-electron chi connectivity index (χ2n) is 1.40. The molecule has 2 heteroatoms. The zero-order chi connectivity index (χ0) is 4.57. The van der Waals surface area contributed by atoms with E-state index in [0.717, 1.165) is 18.1 Å². The molecule has 0 unspecified atom stereocenters. The van der Waals surface area contributed by atoms with Crippen molar-refractivity contribution in [1.82, 2.24) is 0 Å². The molecule has 6 heavy (non-hydrogen) atoms. The van der Waals surface area contributed by atoms with Crippen molar-refractivity contribution in [3.63, 3.8) is 0 Å². The van der Waals surface area contributed by atoms with Crippen molar-refractivity contribution in [2.45, 2.75) is 12.8 Å². The van der Waals surface area contributed by atoms with Gasteiger partial charge in [0.15, 0.2) is 5.78 Å². The molecule has 1 fully saturated rings. The monoisotopic (exact) mass is 100 g/mol. The molecule has 1 aliphatic rings. The fourth-order valence-corrected chi connectivity index (χ4v) is 0.602. The predicted octanol–water partition coefficient (Wildman–Crippen LogP) is 0.664. The summed E-state index contributed by atoms with van der Waals surface area (Å²) in [5, 5.41) is 0.856. The Morgan fingerprint density at radius 3 is 2.00 bits per heavy atom. The summed E-state index contributed by atoms with van der Waals surface area (Å²) in [4.78, 5) is 10.1. The average Bonchev–Trinajstić information content (AvgIpc) is 1.61. The van der Waals surface area contributed by atoms with E-state index in [-0.39, 0.29) is 5.78 Å². The van der Waals surface area contributed by atoms with Crippen molar-refractivity contribution >= 4 is 19.9 Å². The second kappa shape index (κ2) is 1.16. The Bertz CT molecular complexity index is 92.1. The van der Waals surface area contributed by atoms with Gasteiger partial charge in [-0.1, -0.05) is 0 Å². The number of hydrogen-bond donors (Lipinski definition) is 0. The molecule has 1 nitrogen and oxygen atoms in total. The van der Waals surface area contributed by atoms with Gasteiger partial charge in [0.1, 0.15) is 0 Å². The first-order valence-electron chi connectivity index (χ1n) is 1.91. The molecule has 0 amide bonds. The van der Waals surface area contributed by atoms with Crippen LogP contribution in [0.25, 0.3) is 0 Å². The molecule has 32 valence electrons. The van der Waals surface area contributed by atoms with Crippen molar-refractivity contribution in [2.75, 3.05) is 0 Å². The van der Waals surface area contributed by atoms with E-state index in [2.05, 4.69) is 8.86 Å². The lowest BCUT2D eigenvalue weighted by molar-refractivity contribution is -0.114. The molecule has 0 saturated heterocycles. The Morgan fingerprint density at radius 1 is 1.50 bits per heavy atom. The van der Waals surface area contributed by atoms with Gasteiger partial charge in [0.25, 0.3) is 0 Å². The Kier molecular flexibility index (Phi) is 0.776. The van der Waals surface area contributed by atoms with Crippen molar-refractivity contribution < 1.29 is 4.79 Å². The van der Waals surface area contributed by atoms with Crippen molar-refractivity contribution in [3.05, 3.63) is 0 Å².